The van der Waals surface area contributed by atoms with Crippen LogP contribution < -0.4 is 0 Å². The average Bonchev–Trinajstić information content (AvgIpc) is 3.18. The highest BCUT2D eigenvalue weighted by Gasteiger charge is 2.34. The van der Waals surface area contributed by atoms with Crippen LogP contribution in [0.4, 0.5) is 14.5 Å². The van der Waals surface area contributed by atoms with Crippen LogP contribution in [0.2, 0.25) is 0 Å². The molecule has 2 heterocycles. The van der Waals surface area contributed by atoms with Crippen molar-refractivity contribution in [1.29, 1.82) is 0 Å². The van der Waals surface area contributed by atoms with Crippen molar-refractivity contribution >= 4 is 26.7 Å². The lowest BCUT2D eigenvalue weighted by molar-refractivity contribution is -0.385. The van der Waals surface area contributed by atoms with Gasteiger partial charge in [0.25, 0.3) is 5.69 Å². The number of para-hydroxylation sites is 2. The topological polar surface area (TPSA) is 102 Å². The van der Waals surface area contributed by atoms with E-state index in [4.69, 9.17) is 0 Å². The molecule has 1 aliphatic heterocycles. The number of sulfonamides is 1. The predicted molar refractivity (Wildman–Crippen MR) is 118 cm³/mol. The number of nitrogens with zero attached hydrogens (tertiary/aromatic N) is 5. The van der Waals surface area contributed by atoms with E-state index in [0.717, 1.165) is 10.6 Å². The molecule has 0 spiro atoms. The van der Waals surface area contributed by atoms with Crippen molar-refractivity contribution in [2.75, 3.05) is 26.2 Å². The fourth-order valence-electron chi connectivity index (χ4n) is 4.18. The van der Waals surface area contributed by atoms with Crippen molar-refractivity contribution in [3.05, 3.63) is 64.0 Å². The maximum atomic E-state index is 13.8. The van der Waals surface area contributed by atoms with Crippen LogP contribution in [-0.4, -0.2) is 58.3 Å². The van der Waals surface area contributed by atoms with Gasteiger partial charge in [0.2, 0.25) is 10.0 Å². The second-order valence-corrected chi connectivity index (χ2v) is 9.84. The van der Waals surface area contributed by atoms with Crippen LogP contribution in [0.5, 0.6) is 0 Å². The van der Waals surface area contributed by atoms with Crippen molar-refractivity contribution in [1.82, 2.24) is 18.8 Å². The molecule has 0 bridgehead atoms. The number of nitro benzene ring substituents is 1. The zero-order valence-corrected chi connectivity index (χ0v) is 18.9. The predicted octanol–water partition coefficient (Wildman–Crippen LogP) is 3.72. The average molecular weight is 480 g/mol. The molecule has 12 heteroatoms. The van der Waals surface area contributed by atoms with Crippen molar-refractivity contribution in [3.63, 3.8) is 0 Å². The van der Waals surface area contributed by atoms with Crippen LogP contribution >= 0.6 is 0 Å². The van der Waals surface area contributed by atoms with Crippen molar-refractivity contribution in [2.45, 2.75) is 31.3 Å². The highest BCUT2D eigenvalue weighted by Crippen LogP contribution is 2.31. The van der Waals surface area contributed by atoms with Gasteiger partial charge in [0.1, 0.15) is 5.82 Å². The second kappa shape index (κ2) is 8.76. The van der Waals surface area contributed by atoms with E-state index < -0.39 is 27.5 Å². The summed E-state index contributed by atoms with van der Waals surface area (Å²) in [6.45, 7) is 1.47. The lowest BCUT2D eigenvalue weighted by atomic mass is 10.2. The lowest BCUT2D eigenvalue weighted by Gasteiger charge is -2.37. The summed E-state index contributed by atoms with van der Waals surface area (Å²) < 4.78 is 56.1. The minimum absolute atomic E-state index is 0.0994. The number of hydrogen-bond donors (Lipinski definition) is 0. The molecule has 0 unspecified atom stereocenters. The van der Waals surface area contributed by atoms with E-state index in [1.807, 2.05) is 4.90 Å². The Morgan fingerprint density at radius 3 is 2.39 bits per heavy atom. The van der Waals surface area contributed by atoms with Gasteiger partial charge in [-0.1, -0.05) is 18.2 Å². The number of halogens is 2. The van der Waals surface area contributed by atoms with Gasteiger partial charge in [-0.2, -0.15) is 13.1 Å². The number of benzene rings is 2. The zero-order chi connectivity index (χ0) is 23.9. The van der Waals surface area contributed by atoms with E-state index >= 15 is 0 Å². The normalized spacial score (nSPS) is 17.0. The quantitative estimate of drug-likeness (QED) is 0.395. The number of aryl methyl sites for hydroxylation is 1. The summed E-state index contributed by atoms with van der Waals surface area (Å²) >= 11 is 0. The monoisotopic (exact) mass is 479 g/mol. The van der Waals surface area contributed by atoms with Crippen LogP contribution in [0.25, 0.3) is 11.0 Å². The Morgan fingerprint density at radius 2 is 1.76 bits per heavy atom. The van der Waals surface area contributed by atoms with E-state index in [1.165, 1.54) is 16.4 Å². The van der Waals surface area contributed by atoms with Gasteiger partial charge in [-0.3, -0.25) is 19.6 Å². The molecule has 33 heavy (non-hydrogen) atoms. The molecule has 3 aromatic rings. The molecular weight excluding hydrogens is 456 g/mol. The minimum atomic E-state index is -3.94. The first-order valence-corrected chi connectivity index (χ1v) is 11.8. The van der Waals surface area contributed by atoms with E-state index in [9.17, 15) is 27.3 Å². The standard InChI is InChI=1S/C21H23F2N5O4S/c1-14-7-8-16(28(29)30)13-19(14)33(31,32)26-11-9-25(10-12-26)15(2)20-24-17-5-3-4-6-18(17)27(20)21(22)23/h3-8,13,15,21H,9-12H2,1-2H3/t15-/m0/s1. The lowest BCUT2D eigenvalue weighted by Crippen LogP contribution is -2.49. The Bertz CT molecular complexity index is 1300. The first-order valence-electron chi connectivity index (χ1n) is 10.4. The van der Waals surface area contributed by atoms with Crippen LogP contribution in [0, 0.1) is 17.0 Å². The summed E-state index contributed by atoms with van der Waals surface area (Å²) in [6.07, 6.45) is 0. The SMILES string of the molecule is Cc1ccc([N+](=O)[O-])cc1S(=O)(=O)N1CCN([C@@H](C)c2nc3ccccc3n2C(F)F)CC1. The molecule has 0 aliphatic carbocycles. The molecule has 9 nitrogen and oxygen atoms in total. The summed E-state index contributed by atoms with van der Waals surface area (Å²) in [5, 5.41) is 11.1. The summed E-state index contributed by atoms with van der Waals surface area (Å²) in [6, 6.07) is 9.98. The molecule has 1 aliphatic rings. The number of imidazole rings is 1. The Morgan fingerprint density at radius 1 is 1.09 bits per heavy atom. The number of alkyl halides is 2. The number of rotatable bonds is 6. The molecule has 1 atom stereocenters. The molecule has 0 amide bonds. The highest BCUT2D eigenvalue weighted by molar-refractivity contribution is 7.89. The van der Waals surface area contributed by atoms with E-state index in [1.54, 1.807) is 38.1 Å². The van der Waals surface area contributed by atoms with Crippen molar-refractivity contribution in [3.8, 4) is 0 Å². The number of fused-ring (bicyclic) bond motifs is 1. The molecule has 1 saturated heterocycles. The maximum Gasteiger partial charge on any atom is 0.320 e. The Labute approximate surface area is 189 Å². The van der Waals surface area contributed by atoms with Gasteiger partial charge in [0.05, 0.1) is 26.9 Å². The van der Waals surface area contributed by atoms with E-state index in [-0.39, 0.29) is 29.5 Å². The third-order valence-electron chi connectivity index (χ3n) is 6.01. The Balaban J connectivity index is 1.55. The first kappa shape index (κ1) is 23.2. The number of aromatic nitrogens is 2. The summed E-state index contributed by atoms with van der Waals surface area (Å²) in [5.41, 5.74) is 0.943. The molecule has 0 N–H and O–H groups in total. The maximum absolute atomic E-state index is 13.8. The van der Waals surface area contributed by atoms with E-state index in [0.29, 0.717) is 29.7 Å². The molecule has 0 saturated carbocycles. The number of non-ortho nitro benzene ring substituents is 1. The largest absolute Gasteiger partial charge is 0.320 e. The van der Waals surface area contributed by atoms with Crippen molar-refractivity contribution < 1.29 is 22.1 Å². The fourth-order valence-corrected chi connectivity index (χ4v) is 5.84. The van der Waals surface area contributed by atoms with Gasteiger partial charge < -0.3 is 0 Å². The molecule has 2 aromatic carbocycles. The van der Waals surface area contributed by atoms with Gasteiger partial charge in [-0.15, -0.1) is 0 Å². The first-order chi connectivity index (χ1) is 15.6. The summed E-state index contributed by atoms with van der Waals surface area (Å²) in [4.78, 5) is 16.7. The van der Waals surface area contributed by atoms with Gasteiger partial charge in [-0.25, -0.2) is 13.4 Å². The number of hydrogen-bond acceptors (Lipinski definition) is 6. The van der Waals surface area contributed by atoms with Gasteiger partial charge in [0, 0.05) is 38.3 Å². The summed E-state index contributed by atoms with van der Waals surface area (Å²) in [5.74, 6) is 0.219. The van der Waals surface area contributed by atoms with Crippen LogP contribution in [0.1, 0.15) is 30.9 Å². The van der Waals surface area contributed by atoms with Gasteiger partial charge in [-0.05, 0) is 31.5 Å². The van der Waals surface area contributed by atoms with Gasteiger partial charge in [0.15, 0.2) is 0 Å². The molecule has 176 valence electrons. The third kappa shape index (κ3) is 4.21. The highest BCUT2D eigenvalue weighted by atomic mass is 32.2. The third-order valence-corrected chi connectivity index (χ3v) is 8.05. The van der Waals surface area contributed by atoms with Gasteiger partial charge >= 0.3 is 6.55 Å². The Kier molecular flexibility index (Phi) is 6.16. The molecule has 1 fully saturated rings. The Hall–Kier alpha value is -2.96. The van der Waals surface area contributed by atoms with Crippen LogP contribution in [0.15, 0.2) is 47.4 Å². The number of nitro groups is 1. The summed E-state index contributed by atoms with van der Waals surface area (Å²) in [7, 11) is -3.94. The minimum Gasteiger partial charge on any atom is -0.291 e. The number of piperazine rings is 1. The fraction of sp³-hybridized carbons (Fsp3) is 0.381. The zero-order valence-electron chi connectivity index (χ0n) is 18.1. The van der Waals surface area contributed by atoms with Crippen LogP contribution in [-0.2, 0) is 10.0 Å². The molecule has 0 radical (unpaired) electrons. The second-order valence-electron chi connectivity index (χ2n) is 7.93. The van der Waals surface area contributed by atoms with Crippen LogP contribution in [0.3, 0.4) is 0 Å². The molecular formula is C21H23F2N5O4S. The smallest absolute Gasteiger partial charge is 0.291 e. The molecule has 1 aromatic heterocycles. The molecule has 4 rings (SSSR count). The van der Waals surface area contributed by atoms with E-state index in [2.05, 4.69) is 4.98 Å². The van der Waals surface area contributed by atoms with Crippen molar-refractivity contribution in [2.24, 2.45) is 0 Å².